The second kappa shape index (κ2) is 11.1. The highest BCUT2D eigenvalue weighted by atomic mass is 32.2. The van der Waals surface area contributed by atoms with Gasteiger partial charge in [0, 0.05) is 44.6 Å². The van der Waals surface area contributed by atoms with Gasteiger partial charge in [0.25, 0.3) is 5.91 Å². The van der Waals surface area contributed by atoms with Gasteiger partial charge in [-0.05, 0) is 44.0 Å². The lowest BCUT2D eigenvalue weighted by atomic mass is 10.1. The van der Waals surface area contributed by atoms with Crippen LogP contribution in [0.3, 0.4) is 0 Å². The van der Waals surface area contributed by atoms with Gasteiger partial charge in [0.05, 0.1) is 17.8 Å². The third-order valence-corrected chi connectivity index (χ3v) is 8.69. The summed E-state index contributed by atoms with van der Waals surface area (Å²) in [6.07, 6.45) is 6.26. The zero-order chi connectivity index (χ0) is 27.3. The number of benzene rings is 1. The van der Waals surface area contributed by atoms with Gasteiger partial charge >= 0.3 is 0 Å². The number of likely N-dealkylation sites (N-methyl/N-ethyl adjacent to an activating group) is 1. The molecular formula is C25H28N8O4S. The lowest BCUT2D eigenvalue weighted by Crippen LogP contribution is -2.40. The monoisotopic (exact) mass is 536 g/mol. The average molecular weight is 537 g/mol. The number of aldehydes is 1. The molecule has 198 valence electrons. The van der Waals surface area contributed by atoms with E-state index >= 15 is 0 Å². The number of rotatable bonds is 12. The van der Waals surface area contributed by atoms with E-state index < -0.39 is 20.7 Å². The predicted molar refractivity (Wildman–Crippen MR) is 139 cm³/mol. The van der Waals surface area contributed by atoms with Gasteiger partial charge in [-0.2, -0.15) is 10.4 Å². The summed E-state index contributed by atoms with van der Waals surface area (Å²) < 4.78 is 29.0. The van der Waals surface area contributed by atoms with E-state index in [2.05, 4.69) is 25.1 Å². The number of aryl methyl sites for hydroxylation is 1. The van der Waals surface area contributed by atoms with Gasteiger partial charge in [-0.1, -0.05) is 12.1 Å². The second-order valence-electron chi connectivity index (χ2n) is 9.31. The third kappa shape index (κ3) is 5.87. The topological polar surface area (TPSA) is 163 Å². The third-order valence-electron chi connectivity index (χ3n) is 6.54. The molecule has 1 amide bonds. The number of sulfonamides is 1. The number of hydrogen-bond acceptors (Lipinski definition) is 9. The van der Waals surface area contributed by atoms with Crippen molar-refractivity contribution in [3.8, 4) is 6.07 Å². The molecule has 0 bridgehead atoms. The van der Waals surface area contributed by atoms with Gasteiger partial charge in [-0.25, -0.2) is 13.4 Å². The van der Waals surface area contributed by atoms with Crippen molar-refractivity contribution in [3.05, 3.63) is 70.9 Å². The summed E-state index contributed by atoms with van der Waals surface area (Å²) in [5.41, 5.74) is 2.28. The van der Waals surface area contributed by atoms with Gasteiger partial charge < -0.3 is 10.2 Å². The minimum absolute atomic E-state index is 0.148. The van der Waals surface area contributed by atoms with Crippen LogP contribution in [0.4, 0.5) is 5.82 Å². The van der Waals surface area contributed by atoms with Crippen LogP contribution >= 0.6 is 0 Å². The van der Waals surface area contributed by atoms with Crippen molar-refractivity contribution < 1.29 is 18.0 Å². The number of anilines is 1. The van der Waals surface area contributed by atoms with Crippen molar-refractivity contribution in [2.75, 3.05) is 24.9 Å². The summed E-state index contributed by atoms with van der Waals surface area (Å²) in [7, 11) is -0.296. The zero-order valence-corrected chi connectivity index (χ0v) is 21.9. The number of hydrogen-bond donors (Lipinski definition) is 2. The molecule has 4 rings (SSSR count). The molecule has 1 aliphatic carbocycles. The molecule has 2 N–H and O–H groups in total. The maximum atomic E-state index is 13.0. The smallest absolute Gasteiger partial charge is 0.272 e. The number of carbonyl (C=O) groups is 2. The Labute approximate surface area is 220 Å². The molecule has 38 heavy (non-hydrogen) atoms. The molecule has 0 aliphatic heterocycles. The van der Waals surface area contributed by atoms with Crippen molar-refractivity contribution >= 4 is 28.0 Å². The van der Waals surface area contributed by atoms with Gasteiger partial charge in [0.1, 0.15) is 10.4 Å². The van der Waals surface area contributed by atoms with Crippen LogP contribution in [-0.2, 0) is 30.0 Å². The molecule has 0 radical (unpaired) electrons. The minimum Gasteiger partial charge on any atom is -0.347 e. The van der Waals surface area contributed by atoms with E-state index in [1.165, 1.54) is 23.3 Å². The van der Waals surface area contributed by atoms with Crippen LogP contribution in [0.2, 0.25) is 0 Å². The molecule has 13 heteroatoms. The maximum absolute atomic E-state index is 13.0. The molecule has 1 aliphatic rings. The largest absolute Gasteiger partial charge is 0.347 e. The summed E-state index contributed by atoms with van der Waals surface area (Å²) in [4.78, 5) is 34.5. The fourth-order valence-corrected chi connectivity index (χ4v) is 5.87. The molecule has 3 aromatic rings. The number of aromatic nitrogens is 4. The molecule has 0 spiro atoms. The van der Waals surface area contributed by atoms with E-state index in [0.29, 0.717) is 48.9 Å². The molecule has 0 atom stereocenters. The van der Waals surface area contributed by atoms with Crippen molar-refractivity contribution in [1.29, 1.82) is 5.26 Å². The van der Waals surface area contributed by atoms with Crippen LogP contribution < -0.4 is 10.0 Å². The maximum Gasteiger partial charge on any atom is 0.272 e. The Kier molecular flexibility index (Phi) is 7.84. The van der Waals surface area contributed by atoms with Crippen LogP contribution in [-0.4, -0.2) is 70.1 Å². The van der Waals surface area contributed by atoms with Crippen LogP contribution in [0.1, 0.15) is 50.5 Å². The van der Waals surface area contributed by atoms with Gasteiger partial charge in [0.15, 0.2) is 17.8 Å². The Morgan fingerprint density at radius 3 is 2.61 bits per heavy atom. The van der Waals surface area contributed by atoms with E-state index in [1.807, 2.05) is 11.0 Å². The highest BCUT2D eigenvalue weighted by Crippen LogP contribution is 2.44. The Morgan fingerprint density at radius 1 is 1.26 bits per heavy atom. The molecule has 1 saturated carbocycles. The highest BCUT2D eigenvalue weighted by Gasteiger charge is 2.55. The molecule has 1 aromatic carbocycles. The average Bonchev–Trinajstić information content (AvgIpc) is 3.63. The zero-order valence-electron chi connectivity index (χ0n) is 21.1. The van der Waals surface area contributed by atoms with E-state index in [-0.39, 0.29) is 24.6 Å². The molecule has 2 aromatic heterocycles. The molecule has 12 nitrogen and oxygen atoms in total. The first-order chi connectivity index (χ1) is 18.2. The first kappa shape index (κ1) is 26.9. The fraction of sp³-hybridized carbons (Fsp3) is 0.360. The lowest BCUT2D eigenvalue weighted by molar-refractivity contribution is 0.0944. The Hall–Kier alpha value is -4.15. The summed E-state index contributed by atoms with van der Waals surface area (Å²) in [6.45, 7) is 0.917. The van der Waals surface area contributed by atoms with Gasteiger partial charge in [-0.15, -0.1) is 0 Å². The van der Waals surface area contributed by atoms with Crippen LogP contribution in [0.5, 0.6) is 0 Å². The molecule has 2 heterocycles. The number of nitriles is 1. The van der Waals surface area contributed by atoms with Crippen molar-refractivity contribution in [2.24, 2.45) is 7.05 Å². The lowest BCUT2D eigenvalue weighted by Gasteiger charge is -2.24. The van der Waals surface area contributed by atoms with Gasteiger partial charge in [-0.3, -0.25) is 24.0 Å². The molecule has 0 unspecified atom stereocenters. The summed E-state index contributed by atoms with van der Waals surface area (Å²) in [5, 5.41) is 16.0. The first-order valence-corrected chi connectivity index (χ1v) is 13.4. The van der Waals surface area contributed by atoms with Crippen LogP contribution in [0.25, 0.3) is 0 Å². The van der Waals surface area contributed by atoms with E-state index in [9.17, 15) is 18.0 Å². The minimum atomic E-state index is -3.70. The number of nitrogens with one attached hydrogen (secondary N) is 2. The van der Waals surface area contributed by atoms with E-state index in [1.54, 1.807) is 38.4 Å². The van der Waals surface area contributed by atoms with Crippen LogP contribution in [0.15, 0.2) is 42.9 Å². The quantitative estimate of drug-likeness (QED) is 0.325. The molecule has 1 fully saturated rings. The molecule has 0 saturated heterocycles. The first-order valence-electron chi connectivity index (χ1n) is 11.9. The standard InChI is InChI=1S/C25H28N8O4S/c1-32(17-25(8-9-25)38(36,37)31-22-15-27-10-11-28-22)12-7-20-21(16-34)33(2)30-23(20)24(35)29-14-19-5-3-18(13-26)4-6-19/h3-6,10-11,15-16H,7-9,12,14,17H2,1-2H3,(H,28,31)(H,29,35). The Morgan fingerprint density at radius 2 is 2.00 bits per heavy atom. The normalized spacial score (nSPS) is 14.1. The highest BCUT2D eigenvalue weighted by molar-refractivity contribution is 7.94. The number of nitrogens with zero attached hydrogens (tertiary/aromatic N) is 6. The van der Waals surface area contributed by atoms with E-state index in [0.717, 1.165) is 5.56 Å². The summed E-state index contributed by atoms with van der Waals surface area (Å²) in [6, 6.07) is 8.90. The number of amides is 1. The summed E-state index contributed by atoms with van der Waals surface area (Å²) in [5.74, 6) is -0.255. The Balaban J connectivity index is 1.41. The van der Waals surface area contributed by atoms with Crippen LogP contribution in [0, 0.1) is 11.3 Å². The fourth-order valence-electron chi connectivity index (χ4n) is 4.24. The molecular weight excluding hydrogens is 508 g/mol. The predicted octanol–water partition coefficient (Wildman–Crippen LogP) is 1.27. The van der Waals surface area contributed by atoms with Gasteiger partial charge in [0.2, 0.25) is 10.0 Å². The second-order valence-corrected chi connectivity index (χ2v) is 11.4. The number of carbonyl (C=O) groups excluding carboxylic acids is 2. The van der Waals surface area contributed by atoms with Crippen molar-refractivity contribution in [2.45, 2.75) is 30.6 Å². The SMILES string of the molecule is CN(CCc1c(C(=O)NCc2ccc(C#N)cc2)nn(C)c1C=O)CC1(S(=O)(=O)Nc2cnccn2)CC1. The van der Waals surface area contributed by atoms with Crippen molar-refractivity contribution in [1.82, 2.24) is 30.0 Å². The Bertz CT molecular complexity index is 1460. The van der Waals surface area contributed by atoms with Crippen molar-refractivity contribution in [3.63, 3.8) is 0 Å². The van der Waals surface area contributed by atoms with E-state index in [4.69, 9.17) is 5.26 Å². The summed E-state index contributed by atoms with van der Waals surface area (Å²) >= 11 is 0.